The van der Waals surface area contributed by atoms with Crippen LogP contribution in [0.4, 0.5) is 5.82 Å². The second kappa shape index (κ2) is 12.1. The molecular weight excluding hydrogens is 458 g/mol. The Labute approximate surface area is 218 Å². The van der Waals surface area contributed by atoms with Crippen molar-refractivity contribution < 1.29 is 4.74 Å². The molecule has 0 aliphatic rings. The van der Waals surface area contributed by atoms with E-state index in [2.05, 4.69) is 70.5 Å². The van der Waals surface area contributed by atoms with Crippen LogP contribution in [0.2, 0.25) is 0 Å². The summed E-state index contributed by atoms with van der Waals surface area (Å²) in [6, 6.07) is 12.2. The summed E-state index contributed by atoms with van der Waals surface area (Å²) < 4.78 is 5.73. The number of methoxy groups -OCH3 is 1. The molecule has 0 radical (unpaired) electrons. The number of hydrogen-bond acceptors (Lipinski definition) is 6. The Morgan fingerprint density at radius 3 is 2.73 bits per heavy atom. The lowest BCUT2D eigenvalue weighted by atomic mass is 10.0. The molecule has 0 aliphatic heterocycles. The number of nitrogens with one attached hydrogen (secondary N) is 1. The molecule has 188 valence electrons. The van der Waals surface area contributed by atoms with Crippen molar-refractivity contribution in [3.8, 4) is 17.0 Å². The predicted molar refractivity (Wildman–Crippen MR) is 152 cm³/mol. The second-order valence-electron chi connectivity index (χ2n) is 8.81. The number of aromatic nitrogens is 4. The Balaban J connectivity index is 1.58. The average molecular weight is 492 g/mol. The van der Waals surface area contributed by atoms with Gasteiger partial charge in [-0.05, 0) is 57.0 Å². The van der Waals surface area contributed by atoms with Crippen LogP contribution in [0.1, 0.15) is 44.0 Å². The molecule has 3 aromatic heterocycles. The molecule has 0 aliphatic carbocycles. The quantitative estimate of drug-likeness (QED) is 0.247. The lowest BCUT2D eigenvalue weighted by Gasteiger charge is -2.14. The minimum Gasteiger partial charge on any atom is -0.494 e. The van der Waals surface area contributed by atoms with E-state index in [1.54, 1.807) is 19.6 Å². The van der Waals surface area contributed by atoms with Gasteiger partial charge in [-0.1, -0.05) is 48.9 Å². The number of anilines is 1. The number of hydrogen-bond donors (Lipinski definition) is 1. The number of fused-ring (bicyclic) bond motifs is 1. The van der Waals surface area contributed by atoms with E-state index in [9.17, 15) is 0 Å². The fourth-order valence-corrected chi connectivity index (χ4v) is 4.28. The molecule has 4 aromatic rings. The Morgan fingerprint density at radius 1 is 1.08 bits per heavy atom. The smallest absolute Gasteiger partial charge is 0.145 e. The van der Waals surface area contributed by atoms with E-state index in [1.807, 2.05) is 44.3 Å². The third-order valence-electron chi connectivity index (χ3n) is 6.08. The van der Waals surface area contributed by atoms with Gasteiger partial charge in [0.15, 0.2) is 0 Å². The van der Waals surface area contributed by atoms with Gasteiger partial charge in [0, 0.05) is 41.0 Å². The van der Waals surface area contributed by atoms with E-state index >= 15 is 0 Å². The zero-order chi connectivity index (χ0) is 26.2. The summed E-state index contributed by atoms with van der Waals surface area (Å²) in [4.78, 5) is 18.2. The Morgan fingerprint density at radius 2 is 1.95 bits per heavy atom. The van der Waals surface area contributed by atoms with Crippen LogP contribution in [-0.4, -0.2) is 27.0 Å². The summed E-state index contributed by atoms with van der Waals surface area (Å²) in [6.07, 6.45) is 14.7. The van der Waals surface area contributed by atoms with E-state index in [-0.39, 0.29) is 0 Å². The van der Waals surface area contributed by atoms with Crippen LogP contribution in [0, 0.1) is 6.92 Å². The van der Waals surface area contributed by atoms with E-state index in [0.717, 1.165) is 62.5 Å². The van der Waals surface area contributed by atoms with Crippen molar-refractivity contribution in [2.75, 3.05) is 12.4 Å². The monoisotopic (exact) mass is 491 g/mol. The lowest BCUT2D eigenvalue weighted by molar-refractivity contribution is 0.411. The minimum absolute atomic E-state index is 0.556. The van der Waals surface area contributed by atoms with Crippen molar-refractivity contribution in [2.45, 2.75) is 40.7 Å². The van der Waals surface area contributed by atoms with Crippen LogP contribution in [0.15, 0.2) is 85.0 Å². The largest absolute Gasteiger partial charge is 0.494 e. The molecular formula is C31H33N5O. The highest BCUT2D eigenvalue weighted by Gasteiger charge is 2.13. The molecule has 0 bridgehead atoms. The highest BCUT2D eigenvalue weighted by molar-refractivity contribution is 5.84. The van der Waals surface area contributed by atoms with Crippen LogP contribution < -0.4 is 10.1 Å². The van der Waals surface area contributed by atoms with Gasteiger partial charge in [0.1, 0.15) is 23.6 Å². The van der Waals surface area contributed by atoms with Gasteiger partial charge in [-0.2, -0.15) is 0 Å². The first-order chi connectivity index (χ1) is 18.0. The maximum Gasteiger partial charge on any atom is 0.145 e. The molecule has 0 spiro atoms. The van der Waals surface area contributed by atoms with E-state index < -0.39 is 0 Å². The van der Waals surface area contributed by atoms with Crippen molar-refractivity contribution in [2.24, 2.45) is 0 Å². The van der Waals surface area contributed by atoms with Crippen LogP contribution in [0.25, 0.3) is 27.7 Å². The number of benzene rings is 1. The van der Waals surface area contributed by atoms with Crippen LogP contribution >= 0.6 is 0 Å². The summed E-state index contributed by atoms with van der Waals surface area (Å²) >= 11 is 0. The number of nitrogens with zero attached hydrogens (tertiary/aromatic N) is 4. The van der Waals surface area contributed by atoms with Gasteiger partial charge in [-0.25, -0.2) is 9.97 Å². The highest BCUT2D eigenvalue weighted by Crippen LogP contribution is 2.29. The number of rotatable bonds is 9. The summed E-state index contributed by atoms with van der Waals surface area (Å²) in [5.74, 6) is 1.52. The summed E-state index contributed by atoms with van der Waals surface area (Å²) in [7, 11) is 1.68. The average Bonchev–Trinajstić information content (AvgIpc) is 2.92. The molecule has 0 saturated carbocycles. The topological polar surface area (TPSA) is 72.8 Å². The third-order valence-corrected chi connectivity index (χ3v) is 6.08. The molecule has 37 heavy (non-hydrogen) atoms. The second-order valence-corrected chi connectivity index (χ2v) is 8.81. The predicted octanol–water partition coefficient (Wildman–Crippen LogP) is 7.33. The van der Waals surface area contributed by atoms with E-state index in [1.165, 1.54) is 5.57 Å². The number of pyridine rings is 2. The van der Waals surface area contributed by atoms with Crippen LogP contribution in [0.5, 0.6) is 5.75 Å². The van der Waals surface area contributed by atoms with Crippen molar-refractivity contribution >= 4 is 22.3 Å². The van der Waals surface area contributed by atoms with Gasteiger partial charge in [-0.15, -0.1) is 0 Å². The highest BCUT2D eigenvalue weighted by atomic mass is 16.5. The lowest BCUT2D eigenvalue weighted by Crippen LogP contribution is -2.06. The molecule has 4 rings (SSSR count). The fourth-order valence-electron chi connectivity index (χ4n) is 4.28. The van der Waals surface area contributed by atoms with E-state index in [0.29, 0.717) is 6.54 Å². The van der Waals surface area contributed by atoms with Crippen molar-refractivity contribution in [1.82, 2.24) is 19.9 Å². The van der Waals surface area contributed by atoms with Gasteiger partial charge >= 0.3 is 0 Å². The zero-order valence-corrected chi connectivity index (χ0v) is 22.1. The molecule has 0 unspecified atom stereocenters. The summed E-state index contributed by atoms with van der Waals surface area (Å²) in [5, 5.41) is 4.53. The maximum atomic E-state index is 5.73. The zero-order valence-electron chi connectivity index (χ0n) is 22.1. The first-order valence-electron chi connectivity index (χ1n) is 12.5. The maximum absolute atomic E-state index is 5.73. The summed E-state index contributed by atoms with van der Waals surface area (Å²) in [5.41, 5.74) is 7.91. The molecule has 1 aromatic carbocycles. The van der Waals surface area contributed by atoms with Gasteiger partial charge in [-0.3, -0.25) is 9.97 Å². The van der Waals surface area contributed by atoms with E-state index in [4.69, 9.17) is 9.72 Å². The molecule has 0 saturated heterocycles. The first-order valence-corrected chi connectivity index (χ1v) is 12.5. The third kappa shape index (κ3) is 6.09. The van der Waals surface area contributed by atoms with Crippen LogP contribution in [0.3, 0.4) is 0 Å². The first kappa shape index (κ1) is 25.8. The summed E-state index contributed by atoms with van der Waals surface area (Å²) in [6.45, 7) is 8.83. The molecule has 6 nitrogen and oxygen atoms in total. The van der Waals surface area contributed by atoms with Crippen LogP contribution in [-0.2, 0) is 6.54 Å². The Hall–Kier alpha value is -4.32. The SMILES string of the molecule is C\C=C/C(=C\C(C)=C\CC)c1ncc(CNc2ncnc(-c3ccc4ncccc4c3)c2C)cc1OC. The molecule has 0 atom stereocenters. The van der Waals surface area contributed by atoms with Gasteiger partial charge < -0.3 is 10.1 Å². The standard InChI is InChI=1S/C31H33N5O/c1-6-9-21(3)15-25(10-7-2)30-28(37-5)16-23(18-33-30)19-34-31-22(4)29(35-20-36-31)26-12-13-27-24(17-26)11-8-14-32-27/h7-18,20H,6,19H2,1-5H3,(H,34,35,36)/b10-7-,21-9+,25-15+. The minimum atomic E-state index is 0.556. The van der Waals surface area contributed by atoms with Crippen molar-refractivity contribution in [1.29, 1.82) is 0 Å². The molecule has 0 fully saturated rings. The van der Waals surface area contributed by atoms with Crippen molar-refractivity contribution in [3.05, 3.63) is 102 Å². The van der Waals surface area contributed by atoms with Gasteiger partial charge in [0.05, 0.1) is 18.3 Å². The molecule has 1 N–H and O–H groups in total. The Bertz CT molecular complexity index is 1490. The molecule has 6 heteroatoms. The van der Waals surface area contributed by atoms with Crippen molar-refractivity contribution in [3.63, 3.8) is 0 Å². The normalized spacial score (nSPS) is 12.4. The fraction of sp³-hybridized carbons (Fsp3) is 0.226. The van der Waals surface area contributed by atoms with Gasteiger partial charge in [0.25, 0.3) is 0 Å². The van der Waals surface area contributed by atoms with Gasteiger partial charge in [0.2, 0.25) is 0 Å². The molecule has 0 amide bonds. The number of ether oxygens (including phenoxy) is 1. The molecule has 3 heterocycles. The Kier molecular flexibility index (Phi) is 8.41. The number of allylic oxidation sites excluding steroid dienone is 6.